The monoisotopic (exact) mass is 1020 g/mol. The number of carbonyl (C=O) groups excluding carboxylic acids is 1. The lowest BCUT2D eigenvalue weighted by molar-refractivity contribution is -0.116. The molecular formula is C59H117N6OP3. The SMILES string of the molecule is C.CC.CC.CC.CC.CC.CC.CC(=O)Cc1ccccc1.CC(Cc1ccccc1)N(C)CC1CCN(P)CC1.CC(Cc1ccccc1)NCC1CCN(P)CC1.NCC1CCN(P)CC1. The fourth-order valence-electron chi connectivity index (χ4n) is 7.47. The van der Waals surface area contributed by atoms with Crippen molar-refractivity contribution in [2.24, 2.45) is 23.5 Å². The zero-order valence-electron chi connectivity index (χ0n) is 47.3. The number of benzene rings is 3. The van der Waals surface area contributed by atoms with Crippen LogP contribution in [0.4, 0.5) is 0 Å². The van der Waals surface area contributed by atoms with E-state index < -0.39 is 0 Å². The maximum absolute atomic E-state index is 10.6. The fourth-order valence-corrected chi connectivity index (χ4v) is 8.36. The molecule has 0 radical (unpaired) electrons. The van der Waals surface area contributed by atoms with Crippen LogP contribution in [0.25, 0.3) is 0 Å². The number of Topliss-reactive ketones (excluding diaryl/α,β-unsaturated/α-hetero) is 1. The van der Waals surface area contributed by atoms with E-state index in [1.54, 1.807) is 6.92 Å². The van der Waals surface area contributed by atoms with Crippen LogP contribution >= 0.6 is 28.2 Å². The second-order valence-electron chi connectivity index (χ2n) is 16.5. The predicted octanol–water partition coefficient (Wildman–Crippen LogP) is 14.8. The molecule has 3 saturated heterocycles. The Morgan fingerprint density at radius 2 is 0.884 bits per heavy atom. The Balaban J connectivity index is -0.000000252. The molecule has 0 bridgehead atoms. The number of nitrogens with two attached hydrogens (primary N) is 1. The van der Waals surface area contributed by atoms with Crippen molar-refractivity contribution in [3.8, 4) is 0 Å². The van der Waals surface area contributed by atoms with Gasteiger partial charge in [-0.2, -0.15) is 0 Å². The quantitative estimate of drug-likeness (QED) is 0.165. The Morgan fingerprint density at radius 1 is 0.565 bits per heavy atom. The molecule has 3 aliphatic rings. The maximum atomic E-state index is 10.6. The molecule has 3 N–H and O–H groups in total. The van der Waals surface area contributed by atoms with E-state index in [1.165, 1.54) is 102 Å². The van der Waals surface area contributed by atoms with Crippen LogP contribution in [0.2, 0.25) is 0 Å². The third-order valence-electron chi connectivity index (χ3n) is 11.4. The first-order valence-electron chi connectivity index (χ1n) is 27.2. The van der Waals surface area contributed by atoms with Crippen LogP contribution in [0, 0.1) is 17.8 Å². The van der Waals surface area contributed by atoms with Crippen molar-refractivity contribution in [1.82, 2.24) is 24.2 Å². The molecule has 5 atom stereocenters. The highest BCUT2D eigenvalue weighted by Crippen LogP contribution is 2.22. The van der Waals surface area contributed by atoms with Crippen LogP contribution in [0.1, 0.15) is 166 Å². The molecule has 0 aliphatic carbocycles. The van der Waals surface area contributed by atoms with Crippen molar-refractivity contribution in [2.75, 3.05) is 66.0 Å². The Morgan fingerprint density at radius 3 is 1.23 bits per heavy atom. The van der Waals surface area contributed by atoms with E-state index in [1.807, 2.05) is 113 Å². The second-order valence-corrected chi connectivity index (χ2v) is 18.7. The van der Waals surface area contributed by atoms with Crippen molar-refractivity contribution in [3.63, 3.8) is 0 Å². The van der Waals surface area contributed by atoms with Crippen molar-refractivity contribution >= 4 is 34.0 Å². The van der Waals surface area contributed by atoms with E-state index in [4.69, 9.17) is 5.73 Å². The number of likely N-dealkylation sites (N-methyl/N-ethyl adjacent to an activating group) is 1. The zero-order chi connectivity index (χ0) is 52.5. The van der Waals surface area contributed by atoms with E-state index in [2.05, 4.69) is 134 Å². The van der Waals surface area contributed by atoms with Crippen LogP contribution < -0.4 is 11.1 Å². The lowest BCUT2D eigenvalue weighted by atomic mass is 9.96. The Bertz CT molecular complexity index is 1400. The van der Waals surface area contributed by atoms with Crippen molar-refractivity contribution in [3.05, 3.63) is 108 Å². The molecule has 3 heterocycles. The van der Waals surface area contributed by atoms with Crippen molar-refractivity contribution in [1.29, 1.82) is 0 Å². The van der Waals surface area contributed by atoms with Crippen LogP contribution in [0.5, 0.6) is 0 Å². The summed E-state index contributed by atoms with van der Waals surface area (Å²) in [6.07, 6.45) is 10.7. The largest absolute Gasteiger partial charge is 0.330 e. The first kappa shape index (κ1) is 76.3. The van der Waals surface area contributed by atoms with Crippen LogP contribution in [-0.4, -0.2) is 103 Å². The Kier molecular flexibility index (Phi) is 61.6. The van der Waals surface area contributed by atoms with Gasteiger partial charge in [-0.25, -0.2) is 0 Å². The second kappa shape index (κ2) is 55.7. The topological polar surface area (TPSA) is 68.1 Å². The van der Waals surface area contributed by atoms with Crippen LogP contribution in [-0.2, 0) is 24.1 Å². The lowest BCUT2D eigenvalue weighted by Gasteiger charge is -2.33. The Labute approximate surface area is 439 Å². The summed E-state index contributed by atoms with van der Waals surface area (Å²) in [4.78, 5) is 13.2. The number of rotatable bonds is 13. The third kappa shape index (κ3) is 43.7. The summed E-state index contributed by atoms with van der Waals surface area (Å²) >= 11 is 0. The molecule has 7 nitrogen and oxygen atoms in total. The normalized spacial score (nSPS) is 15.7. The highest BCUT2D eigenvalue weighted by atomic mass is 31.0. The van der Waals surface area contributed by atoms with Gasteiger partial charge in [0, 0.05) is 64.3 Å². The molecule has 3 aliphatic heterocycles. The van der Waals surface area contributed by atoms with Crippen LogP contribution in [0.3, 0.4) is 0 Å². The van der Waals surface area contributed by atoms with Gasteiger partial charge in [-0.05, 0) is 127 Å². The highest BCUT2D eigenvalue weighted by Gasteiger charge is 2.21. The number of nitrogens with one attached hydrogen (secondary N) is 1. The van der Waals surface area contributed by atoms with Gasteiger partial charge in [0.05, 0.1) is 0 Å². The summed E-state index contributed by atoms with van der Waals surface area (Å²) in [6, 6.07) is 32.5. The first-order valence-corrected chi connectivity index (χ1v) is 28.8. The number of hydrogen-bond acceptors (Lipinski definition) is 7. The molecule has 10 heteroatoms. The average molecular weight is 1020 g/mol. The molecule has 3 aromatic rings. The molecule has 6 rings (SSSR count). The minimum Gasteiger partial charge on any atom is -0.330 e. The van der Waals surface area contributed by atoms with Gasteiger partial charge in [-0.3, -0.25) is 18.8 Å². The minimum atomic E-state index is 0. The number of carbonyl (C=O) groups is 1. The lowest BCUT2D eigenvalue weighted by Crippen LogP contribution is -2.38. The predicted molar refractivity (Wildman–Crippen MR) is 327 cm³/mol. The molecule has 5 unspecified atom stereocenters. The van der Waals surface area contributed by atoms with Gasteiger partial charge in [0.1, 0.15) is 5.78 Å². The van der Waals surface area contributed by atoms with Gasteiger partial charge in [0.25, 0.3) is 0 Å². The fraction of sp³-hybridized carbons (Fsp3) is 0.678. The molecular weight excluding hydrogens is 902 g/mol. The summed E-state index contributed by atoms with van der Waals surface area (Å²) in [5.74, 6) is 2.74. The summed E-state index contributed by atoms with van der Waals surface area (Å²) in [7, 11) is 10.7. The van der Waals surface area contributed by atoms with E-state index in [-0.39, 0.29) is 13.2 Å². The minimum absolute atomic E-state index is 0. The molecule has 0 spiro atoms. The number of nitrogens with zero attached hydrogens (tertiary/aromatic N) is 4. The van der Waals surface area contributed by atoms with Gasteiger partial charge in [0.15, 0.2) is 0 Å². The van der Waals surface area contributed by atoms with Crippen LogP contribution in [0.15, 0.2) is 91.0 Å². The van der Waals surface area contributed by atoms with E-state index >= 15 is 0 Å². The van der Waals surface area contributed by atoms with E-state index in [0.717, 1.165) is 42.7 Å². The number of hydrogen-bond donors (Lipinski definition) is 2. The third-order valence-corrected chi connectivity index (χ3v) is 12.9. The molecule has 0 saturated carbocycles. The summed E-state index contributed by atoms with van der Waals surface area (Å²) in [5.41, 5.74) is 9.49. The van der Waals surface area contributed by atoms with Gasteiger partial charge >= 0.3 is 0 Å². The van der Waals surface area contributed by atoms with Gasteiger partial charge in [-0.1, -0.05) is 210 Å². The zero-order valence-corrected chi connectivity index (χ0v) is 50.7. The van der Waals surface area contributed by atoms with Crippen molar-refractivity contribution in [2.45, 2.75) is 181 Å². The molecule has 0 aromatic heterocycles. The standard InChI is InChI=1S/C16H27N2P.C15H25N2P.C9H10O.C6H15N2P.6C2H6.CH4/c1-14(12-15-6-4-3-5-7-15)17(2)13-16-8-10-18(19)11-9-16;1-13(11-14-5-3-2-4-6-14)16-12-15-7-9-17(18)10-8-15;1-8(10)7-9-5-3-2-4-6-9;7-5-6-1-3-8(9)4-2-6;6*1-2;/h3-7,14,16H,8-13,19H2,1-2H3;2-6,13,15-16H,7-12,18H2,1H3;2-6H,7H2,1H3;6H,1-5,7,9H2;6*1-2H3;1H4. The number of piperidine rings is 3. The molecule has 0 amide bonds. The smallest absolute Gasteiger partial charge is 0.134 e. The summed E-state index contributed by atoms with van der Waals surface area (Å²) in [5, 5.41) is 3.69. The van der Waals surface area contributed by atoms with Gasteiger partial charge in [0.2, 0.25) is 0 Å². The highest BCUT2D eigenvalue weighted by molar-refractivity contribution is 7.13. The van der Waals surface area contributed by atoms with E-state index in [0.29, 0.717) is 18.5 Å². The Hall–Kier alpha value is -1.62. The maximum Gasteiger partial charge on any atom is 0.134 e. The molecule has 404 valence electrons. The van der Waals surface area contributed by atoms with E-state index in [9.17, 15) is 4.79 Å². The van der Waals surface area contributed by atoms with Crippen molar-refractivity contribution < 1.29 is 4.79 Å². The number of ketones is 1. The molecule has 3 fully saturated rings. The molecule has 69 heavy (non-hydrogen) atoms. The molecule has 3 aromatic carbocycles. The van der Waals surface area contributed by atoms with Gasteiger partial charge in [-0.15, -0.1) is 0 Å². The summed E-state index contributed by atoms with van der Waals surface area (Å²) in [6.45, 7) is 40.8. The van der Waals surface area contributed by atoms with Gasteiger partial charge < -0.3 is 16.0 Å². The summed E-state index contributed by atoms with van der Waals surface area (Å²) < 4.78 is 7.00. The average Bonchev–Trinajstić information content (AvgIpc) is 3.39. The first-order chi connectivity index (χ1) is 33.0.